The molecule has 1 aliphatic heterocycles. The second-order valence-corrected chi connectivity index (χ2v) is 3.55. The highest BCUT2D eigenvalue weighted by Gasteiger charge is 2.03. The van der Waals surface area contributed by atoms with E-state index >= 15 is 0 Å². The Morgan fingerprint density at radius 1 is 1.17 bits per heavy atom. The van der Waals surface area contributed by atoms with Crippen molar-refractivity contribution in [1.29, 1.82) is 0 Å². The first-order valence-corrected chi connectivity index (χ1v) is 4.60. The zero-order chi connectivity index (χ0) is 8.39. The van der Waals surface area contributed by atoms with Gasteiger partial charge in [-0.2, -0.15) is 0 Å². The molecule has 2 N–H and O–H groups in total. The van der Waals surface area contributed by atoms with Gasteiger partial charge >= 0.3 is 0 Å². The number of benzene rings is 1. The number of hydrogen-bond donors (Lipinski definition) is 2. The molecule has 12 heavy (non-hydrogen) atoms. The normalized spacial score (nSPS) is 15.6. The lowest BCUT2D eigenvalue weighted by Gasteiger charge is -2.03. The van der Waals surface area contributed by atoms with Crippen molar-refractivity contribution >= 4 is 21.6 Å². The molecule has 1 heterocycles. The number of hydrazine groups is 1. The maximum absolute atomic E-state index is 3.40. The van der Waals surface area contributed by atoms with E-state index in [1.807, 2.05) is 12.1 Å². The Hall–Kier alpha value is -0.800. The van der Waals surface area contributed by atoms with Crippen LogP contribution >= 0.6 is 15.9 Å². The Kier molecular flexibility index (Phi) is 2.15. The van der Waals surface area contributed by atoms with Crippen molar-refractivity contribution in [3.63, 3.8) is 0 Å². The summed E-state index contributed by atoms with van der Waals surface area (Å²) in [5, 5.41) is 0. The summed E-state index contributed by atoms with van der Waals surface area (Å²) < 4.78 is 1.11. The molecule has 0 aromatic heterocycles. The highest BCUT2D eigenvalue weighted by molar-refractivity contribution is 9.10. The van der Waals surface area contributed by atoms with Crippen LogP contribution in [0.15, 0.2) is 34.8 Å². The fourth-order valence-electron chi connectivity index (χ4n) is 1.17. The topological polar surface area (TPSA) is 24.1 Å². The molecule has 62 valence electrons. The van der Waals surface area contributed by atoms with Crippen LogP contribution in [0.25, 0.3) is 5.70 Å². The van der Waals surface area contributed by atoms with E-state index < -0.39 is 0 Å². The van der Waals surface area contributed by atoms with Crippen molar-refractivity contribution in [2.75, 3.05) is 6.54 Å². The smallest absolute Gasteiger partial charge is 0.0533 e. The Bertz CT molecular complexity index is 303. The van der Waals surface area contributed by atoms with E-state index in [-0.39, 0.29) is 0 Å². The van der Waals surface area contributed by atoms with Gasteiger partial charge in [0, 0.05) is 11.0 Å². The first-order valence-electron chi connectivity index (χ1n) is 3.81. The Labute approximate surface area is 79.8 Å². The highest BCUT2D eigenvalue weighted by atomic mass is 79.9. The van der Waals surface area contributed by atoms with Crippen molar-refractivity contribution in [3.8, 4) is 0 Å². The van der Waals surface area contributed by atoms with Crippen LogP contribution in [0.3, 0.4) is 0 Å². The van der Waals surface area contributed by atoms with E-state index in [9.17, 15) is 0 Å². The summed E-state index contributed by atoms with van der Waals surface area (Å²) in [6, 6.07) is 8.23. The summed E-state index contributed by atoms with van der Waals surface area (Å²) in [4.78, 5) is 0. The highest BCUT2D eigenvalue weighted by Crippen LogP contribution is 2.16. The zero-order valence-corrected chi connectivity index (χ0v) is 8.06. The second-order valence-electron chi connectivity index (χ2n) is 2.63. The number of hydrogen-bond acceptors (Lipinski definition) is 2. The minimum Gasteiger partial charge on any atom is -0.321 e. The summed E-state index contributed by atoms with van der Waals surface area (Å²) in [5.41, 5.74) is 8.49. The third-order valence-corrected chi connectivity index (χ3v) is 2.32. The third kappa shape index (κ3) is 1.52. The molecule has 0 bridgehead atoms. The monoisotopic (exact) mass is 224 g/mol. The molecule has 0 saturated carbocycles. The molecule has 0 fully saturated rings. The van der Waals surface area contributed by atoms with Crippen LogP contribution < -0.4 is 10.9 Å². The summed E-state index contributed by atoms with van der Waals surface area (Å²) in [7, 11) is 0. The van der Waals surface area contributed by atoms with Gasteiger partial charge in [-0.3, -0.25) is 0 Å². The zero-order valence-electron chi connectivity index (χ0n) is 6.47. The standard InChI is InChI=1S/C9H9BrN2/c10-8-3-1-7(2-4-8)9-5-6-11-12-9/h1-5,11-12H,6H2. The molecule has 1 aromatic rings. The van der Waals surface area contributed by atoms with Gasteiger partial charge in [-0.05, 0) is 23.8 Å². The van der Waals surface area contributed by atoms with Crippen molar-refractivity contribution < 1.29 is 0 Å². The summed E-state index contributed by atoms with van der Waals surface area (Å²) in [6.07, 6.45) is 2.13. The summed E-state index contributed by atoms with van der Waals surface area (Å²) in [6.45, 7) is 0.894. The van der Waals surface area contributed by atoms with Gasteiger partial charge in [0.15, 0.2) is 0 Å². The molecule has 0 atom stereocenters. The quantitative estimate of drug-likeness (QED) is 0.762. The molecular weight excluding hydrogens is 216 g/mol. The maximum atomic E-state index is 3.40. The minimum atomic E-state index is 0.894. The van der Waals surface area contributed by atoms with Crippen LogP contribution in [0.5, 0.6) is 0 Å². The van der Waals surface area contributed by atoms with Crippen LogP contribution in [-0.2, 0) is 0 Å². The van der Waals surface area contributed by atoms with Crippen molar-refractivity contribution in [2.45, 2.75) is 0 Å². The van der Waals surface area contributed by atoms with Crippen molar-refractivity contribution in [2.24, 2.45) is 0 Å². The predicted octanol–water partition coefficient (Wildman–Crippen LogP) is 1.90. The van der Waals surface area contributed by atoms with Crippen LogP contribution in [0.2, 0.25) is 0 Å². The van der Waals surface area contributed by atoms with Crippen LogP contribution in [-0.4, -0.2) is 6.54 Å². The molecule has 0 amide bonds. The number of rotatable bonds is 1. The summed E-state index contributed by atoms with van der Waals surface area (Å²) in [5.74, 6) is 0. The Morgan fingerprint density at radius 2 is 1.92 bits per heavy atom. The molecule has 0 saturated heterocycles. The van der Waals surface area contributed by atoms with Crippen LogP contribution in [0, 0.1) is 0 Å². The molecule has 3 heteroatoms. The molecule has 0 radical (unpaired) electrons. The van der Waals surface area contributed by atoms with Crippen molar-refractivity contribution in [1.82, 2.24) is 10.9 Å². The molecule has 1 aliphatic rings. The van der Waals surface area contributed by atoms with E-state index in [1.54, 1.807) is 0 Å². The van der Waals surface area contributed by atoms with E-state index in [4.69, 9.17) is 0 Å². The van der Waals surface area contributed by atoms with Gasteiger partial charge in [-0.15, -0.1) is 0 Å². The average Bonchev–Trinajstić information content (AvgIpc) is 2.58. The van der Waals surface area contributed by atoms with E-state index in [2.05, 4.69) is 45.0 Å². The Balaban J connectivity index is 2.28. The molecule has 0 unspecified atom stereocenters. The van der Waals surface area contributed by atoms with Gasteiger partial charge in [0.2, 0.25) is 0 Å². The van der Waals surface area contributed by atoms with Gasteiger partial charge in [0.25, 0.3) is 0 Å². The molecule has 2 rings (SSSR count). The fourth-order valence-corrected chi connectivity index (χ4v) is 1.43. The first-order chi connectivity index (χ1) is 5.86. The van der Waals surface area contributed by atoms with Crippen molar-refractivity contribution in [3.05, 3.63) is 40.4 Å². The van der Waals surface area contributed by atoms with E-state index in [0.717, 1.165) is 16.7 Å². The maximum Gasteiger partial charge on any atom is 0.0533 e. The van der Waals surface area contributed by atoms with Gasteiger partial charge in [0.05, 0.1) is 5.70 Å². The molecule has 1 aromatic carbocycles. The van der Waals surface area contributed by atoms with Gasteiger partial charge in [0.1, 0.15) is 0 Å². The second kappa shape index (κ2) is 3.29. The Morgan fingerprint density at radius 3 is 2.50 bits per heavy atom. The van der Waals surface area contributed by atoms with E-state index in [0.29, 0.717) is 0 Å². The lowest BCUT2D eigenvalue weighted by molar-refractivity contribution is 0.738. The lowest BCUT2D eigenvalue weighted by Crippen LogP contribution is -2.22. The predicted molar refractivity (Wildman–Crippen MR) is 53.3 cm³/mol. The van der Waals surface area contributed by atoms with Crippen LogP contribution in [0.1, 0.15) is 5.56 Å². The molecule has 0 aliphatic carbocycles. The fraction of sp³-hybridized carbons (Fsp3) is 0.111. The van der Waals surface area contributed by atoms with Crippen LogP contribution in [0.4, 0.5) is 0 Å². The van der Waals surface area contributed by atoms with E-state index in [1.165, 1.54) is 5.56 Å². The first kappa shape index (κ1) is 7.83. The minimum absolute atomic E-state index is 0.894. The lowest BCUT2D eigenvalue weighted by atomic mass is 10.2. The number of halogens is 1. The number of nitrogens with one attached hydrogen (secondary N) is 2. The van der Waals surface area contributed by atoms with Gasteiger partial charge in [-0.1, -0.05) is 28.1 Å². The average molecular weight is 225 g/mol. The molecular formula is C9H9BrN2. The van der Waals surface area contributed by atoms with Gasteiger partial charge < -0.3 is 5.43 Å². The third-order valence-electron chi connectivity index (χ3n) is 1.79. The SMILES string of the molecule is Brc1ccc(C2=CCNN2)cc1. The molecule has 0 spiro atoms. The molecule has 2 nitrogen and oxygen atoms in total. The summed E-state index contributed by atoms with van der Waals surface area (Å²) >= 11 is 3.40. The van der Waals surface area contributed by atoms with Gasteiger partial charge in [-0.25, -0.2) is 5.43 Å². The largest absolute Gasteiger partial charge is 0.321 e.